The number of hydrogen-bond donors (Lipinski definition) is 2. The molecule has 0 atom stereocenters. The fraction of sp³-hybridized carbons (Fsp3) is 0.176. The Hall–Kier alpha value is -2.26. The highest BCUT2D eigenvalue weighted by Crippen LogP contribution is 2.23. The first-order valence-corrected chi connectivity index (χ1v) is 6.75. The molecule has 3 nitrogen and oxygen atoms in total. The summed E-state index contributed by atoms with van der Waals surface area (Å²) < 4.78 is 5.29. The Bertz CT molecular complexity index is 689. The van der Waals surface area contributed by atoms with Gasteiger partial charge in [-0.15, -0.1) is 0 Å². The van der Waals surface area contributed by atoms with Gasteiger partial charge >= 0.3 is 0 Å². The molecule has 3 heteroatoms. The van der Waals surface area contributed by atoms with E-state index in [-0.39, 0.29) is 0 Å². The van der Waals surface area contributed by atoms with Gasteiger partial charge < -0.3 is 15.0 Å². The Labute approximate surface area is 118 Å². The van der Waals surface area contributed by atoms with E-state index < -0.39 is 0 Å². The van der Waals surface area contributed by atoms with Crippen molar-refractivity contribution in [3.63, 3.8) is 0 Å². The number of fused-ring (bicyclic) bond motifs is 1. The van der Waals surface area contributed by atoms with Crippen LogP contribution in [0, 0.1) is 0 Å². The van der Waals surface area contributed by atoms with Gasteiger partial charge in [-0.2, -0.15) is 0 Å². The van der Waals surface area contributed by atoms with E-state index in [4.69, 9.17) is 4.74 Å². The minimum absolute atomic E-state index is 0.835. The molecule has 1 heterocycles. The Morgan fingerprint density at radius 2 is 1.90 bits per heavy atom. The van der Waals surface area contributed by atoms with Crippen molar-refractivity contribution in [1.82, 2.24) is 10.3 Å². The van der Waals surface area contributed by atoms with Crippen molar-refractivity contribution >= 4 is 10.9 Å². The monoisotopic (exact) mass is 266 g/mol. The number of rotatable bonds is 5. The van der Waals surface area contributed by atoms with Gasteiger partial charge in [-0.1, -0.05) is 30.3 Å². The first-order valence-electron chi connectivity index (χ1n) is 6.75. The number of aromatic amines is 1. The Balaban J connectivity index is 1.71. The van der Waals surface area contributed by atoms with Gasteiger partial charge in [0, 0.05) is 30.2 Å². The smallest absolute Gasteiger partial charge is 0.119 e. The zero-order valence-electron chi connectivity index (χ0n) is 11.5. The Morgan fingerprint density at radius 1 is 1.05 bits per heavy atom. The van der Waals surface area contributed by atoms with Crippen LogP contribution in [0.1, 0.15) is 11.1 Å². The number of methoxy groups -OCH3 is 1. The number of ether oxygens (including phenoxy) is 1. The van der Waals surface area contributed by atoms with E-state index in [1.165, 1.54) is 16.5 Å². The van der Waals surface area contributed by atoms with Crippen LogP contribution in [0.2, 0.25) is 0 Å². The SMILES string of the molecule is COc1ccc2[nH]cc(CNCc3ccccc3)c2c1. The van der Waals surface area contributed by atoms with E-state index in [1.807, 2.05) is 12.1 Å². The van der Waals surface area contributed by atoms with Crippen LogP contribution in [-0.4, -0.2) is 12.1 Å². The molecular weight excluding hydrogens is 248 g/mol. The summed E-state index contributed by atoms with van der Waals surface area (Å²) >= 11 is 0. The zero-order chi connectivity index (χ0) is 13.8. The summed E-state index contributed by atoms with van der Waals surface area (Å²) in [4.78, 5) is 3.29. The van der Waals surface area contributed by atoms with Crippen LogP contribution in [0.15, 0.2) is 54.7 Å². The van der Waals surface area contributed by atoms with Gasteiger partial charge in [0.2, 0.25) is 0 Å². The van der Waals surface area contributed by atoms with Crippen molar-refractivity contribution in [3.05, 3.63) is 65.9 Å². The molecule has 3 aromatic rings. The van der Waals surface area contributed by atoms with Crippen molar-refractivity contribution in [3.8, 4) is 5.75 Å². The highest BCUT2D eigenvalue weighted by atomic mass is 16.5. The lowest BCUT2D eigenvalue weighted by molar-refractivity contribution is 0.415. The molecule has 3 rings (SSSR count). The molecule has 1 aromatic heterocycles. The maximum atomic E-state index is 5.29. The van der Waals surface area contributed by atoms with Gasteiger partial charge in [-0.05, 0) is 29.3 Å². The summed E-state index contributed by atoms with van der Waals surface area (Å²) in [5.74, 6) is 0.890. The first kappa shape index (κ1) is 12.8. The van der Waals surface area contributed by atoms with Crippen molar-refractivity contribution in [2.24, 2.45) is 0 Å². The largest absolute Gasteiger partial charge is 0.497 e. The molecule has 2 aromatic carbocycles. The number of benzene rings is 2. The van der Waals surface area contributed by atoms with Crippen LogP contribution in [0.25, 0.3) is 10.9 Å². The molecule has 0 spiro atoms. The highest BCUT2D eigenvalue weighted by Gasteiger charge is 2.04. The average Bonchev–Trinajstić information content (AvgIpc) is 2.91. The second-order valence-corrected chi connectivity index (χ2v) is 4.81. The van der Waals surface area contributed by atoms with Crippen LogP contribution >= 0.6 is 0 Å². The van der Waals surface area contributed by atoms with Crippen molar-refractivity contribution in [2.75, 3.05) is 7.11 Å². The summed E-state index contributed by atoms with van der Waals surface area (Å²) in [6.07, 6.45) is 2.06. The molecule has 0 saturated carbocycles. The zero-order valence-corrected chi connectivity index (χ0v) is 11.5. The third-order valence-electron chi connectivity index (χ3n) is 3.46. The van der Waals surface area contributed by atoms with Crippen molar-refractivity contribution in [2.45, 2.75) is 13.1 Å². The summed E-state index contributed by atoms with van der Waals surface area (Å²) in [6.45, 7) is 1.71. The maximum absolute atomic E-state index is 5.29. The molecule has 102 valence electrons. The molecule has 0 amide bonds. The summed E-state index contributed by atoms with van der Waals surface area (Å²) in [6, 6.07) is 16.5. The van der Waals surface area contributed by atoms with E-state index in [9.17, 15) is 0 Å². The van der Waals surface area contributed by atoms with Gasteiger partial charge in [0.15, 0.2) is 0 Å². The van der Waals surface area contributed by atoms with Gasteiger partial charge in [0.05, 0.1) is 7.11 Å². The molecule has 2 N–H and O–H groups in total. The molecular formula is C17H18N2O. The predicted molar refractivity (Wildman–Crippen MR) is 81.8 cm³/mol. The molecule has 0 aliphatic carbocycles. The van der Waals surface area contributed by atoms with Gasteiger partial charge in [-0.25, -0.2) is 0 Å². The number of H-pyrrole nitrogens is 1. The Morgan fingerprint density at radius 3 is 2.70 bits per heavy atom. The summed E-state index contributed by atoms with van der Waals surface area (Å²) in [5, 5.41) is 4.69. The van der Waals surface area contributed by atoms with Crippen molar-refractivity contribution < 1.29 is 4.74 Å². The third kappa shape index (κ3) is 2.68. The normalized spacial score (nSPS) is 10.8. The molecule has 0 unspecified atom stereocenters. The van der Waals surface area contributed by atoms with Crippen LogP contribution in [0.5, 0.6) is 5.75 Å². The van der Waals surface area contributed by atoms with Crippen LogP contribution < -0.4 is 10.1 Å². The third-order valence-corrected chi connectivity index (χ3v) is 3.46. The molecule has 20 heavy (non-hydrogen) atoms. The highest BCUT2D eigenvalue weighted by molar-refractivity contribution is 5.84. The van der Waals surface area contributed by atoms with Gasteiger partial charge in [0.1, 0.15) is 5.75 Å². The van der Waals surface area contributed by atoms with E-state index in [2.05, 4.69) is 52.9 Å². The van der Waals surface area contributed by atoms with Gasteiger partial charge in [-0.3, -0.25) is 0 Å². The van der Waals surface area contributed by atoms with Gasteiger partial charge in [0.25, 0.3) is 0 Å². The quantitative estimate of drug-likeness (QED) is 0.742. The molecule has 0 aliphatic rings. The lowest BCUT2D eigenvalue weighted by atomic mass is 10.1. The fourth-order valence-corrected chi connectivity index (χ4v) is 2.37. The lowest BCUT2D eigenvalue weighted by Gasteiger charge is -2.05. The van der Waals surface area contributed by atoms with E-state index in [0.29, 0.717) is 0 Å². The second kappa shape index (κ2) is 5.80. The van der Waals surface area contributed by atoms with Crippen molar-refractivity contribution in [1.29, 1.82) is 0 Å². The average molecular weight is 266 g/mol. The fourth-order valence-electron chi connectivity index (χ4n) is 2.37. The minimum atomic E-state index is 0.835. The van der Waals surface area contributed by atoms with Crippen LogP contribution in [0.3, 0.4) is 0 Å². The van der Waals surface area contributed by atoms with E-state index in [1.54, 1.807) is 7.11 Å². The lowest BCUT2D eigenvalue weighted by Crippen LogP contribution is -2.12. The molecule has 0 aliphatic heterocycles. The van der Waals surface area contributed by atoms with E-state index in [0.717, 1.165) is 24.4 Å². The number of nitrogens with one attached hydrogen (secondary N) is 2. The van der Waals surface area contributed by atoms with E-state index >= 15 is 0 Å². The molecule has 0 saturated heterocycles. The van der Waals surface area contributed by atoms with Crippen LogP contribution in [-0.2, 0) is 13.1 Å². The molecule has 0 fully saturated rings. The summed E-state index contributed by atoms with van der Waals surface area (Å²) in [7, 11) is 1.70. The first-order chi connectivity index (χ1) is 9.86. The molecule has 0 bridgehead atoms. The molecule has 0 radical (unpaired) electrons. The number of hydrogen-bond acceptors (Lipinski definition) is 2. The maximum Gasteiger partial charge on any atom is 0.119 e. The topological polar surface area (TPSA) is 37.0 Å². The van der Waals surface area contributed by atoms with Crippen LogP contribution in [0.4, 0.5) is 0 Å². The second-order valence-electron chi connectivity index (χ2n) is 4.81. The Kier molecular flexibility index (Phi) is 3.70. The number of aromatic nitrogens is 1. The standard InChI is InChI=1S/C17H18N2O/c1-20-15-7-8-17-16(9-15)14(12-19-17)11-18-10-13-5-3-2-4-6-13/h2-9,12,18-19H,10-11H2,1H3. The predicted octanol–water partition coefficient (Wildman–Crippen LogP) is 3.47. The summed E-state index contributed by atoms with van der Waals surface area (Å²) in [5.41, 5.74) is 3.70. The minimum Gasteiger partial charge on any atom is -0.497 e.